The van der Waals surface area contributed by atoms with Crippen LogP contribution in [0.1, 0.15) is 59.8 Å². The highest BCUT2D eigenvalue weighted by Crippen LogP contribution is 2.54. The third kappa shape index (κ3) is 4.52. The summed E-state index contributed by atoms with van der Waals surface area (Å²) in [6, 6.07) is 14.8. The smallest absolute Gasteiger partial charge is 0.254 e. The van der Waals surface area contributed by atoms with Crippen molar-refractivity contribution in [2.75, 3.05) is 13.7 Å². The molecule has 4 aromatic rings. The first kappa shape index (κ1) is 25.1. The van der Waals surface area contributed by atoms with Crippen LogP contribution in [0.3, 0.4) is 0 Å². The number of nitrogens with zero attached hydrogens (tertiary/aromatic N) is 5. The summed E-state index contributed by atoms with van der Waals surface area (Å²) in [6.45, 7) is 5.88. The van der Waals surface area contributed by atoms with E-state index >= 15 is 4.39 Å². The molecule has 1 amide bonds. The summed E-state index contributed by atoms with van der Waals surface area (Å²) < 4.78 is 22.0. The molecule has 2 heterocycles. The average molecular weight is 525 g/mol. The van der Waals surface area contributed by atoms with E-state index in [1.54, 1.807) is 37.2 Å². The number of aromatic nitrogens is 3. The SMILES string of the molecule is C=Nc1ncc(C2(c3ccc4ncccc4c3)CC2)n1/N=C(\C)c1ccc(C(=O)NC2(COC)CC2)c(F)c1. The van der Waals surface area contributed by atoms with Crippen LogP contribution >= 0.6 is 0 Å². The van der Waals surface area contributed by atoms with Crippen molar-refractivity contribution in [3.63, 3.8) is 0 Å². The maximum atomic E-state index is 15.1. The zero-order valence-electron chi connectivity index (χ0n) is 21.9. The van der Waals surface area contributed by atoms with Gasteiger partial charge in [0, 0.05) is 29.7 Å². The quantitative estimate of drug-likeness (QED) is 0.306. The van der Waals surface area contributed by atoms with E-state index in [9.17, 15) is 4.79 Å². The van der Waals surface area contributed by atoms with Crippen LogP contribution in [0.4, 0.5) is 10.3 Å². The van der Waals surface area contributed by atoms with E-state index in [1.807, 2.05) is 12.1 Å². The number of carbonyl (C=O) groups excluding carboxylic acids is 1. The summed E-state index contributed by atoms with van der Waals surface area (Å²) in [5.74, 6) is -0.689. The second-order valence-corrected chi connectivity index (χ2v) is 10.5. The Morgan fingerprint density at radius 1 is 1.15 bits per heavy atom. The minimum absolute atomic E-state index is 0.00609. The predicted octanol–water partition coefficient (Wildman–Crippen LogP) is 5.16. The topological polar surface area (TPSA) is 93.8 Å². The molecule has 0 radical (unpaired) electrons. The summed E-state index contributed by atoms with van der Waals surface area (Å²) in [5, 5.41) is 8.79. The summed E-state index contributed by atoms with van der Waals surface area (Å²) >= 11 is 0. The van der Waals surface area contributed by atoms with Gasteiger partial charge in [-0.25, -0.2) is 19.0 Å². The zero-order chi connectivity index (χ0) is 27.2. The standard InChI is InChI=1S/C30H29FN6O2/c1-19(20-6-8-23(24(31)16-20)27(38)35-29(10-11-29)18-39-3)36-37-26(17-34-28(37)32-2)30(12-13-30)22-7-9-25-21(15-22)5-4-14-33-25/h4-9,14-17H,2,10-13,18H2,1,3H3,(H,35,38)/b36-19+. The lowest BCUT2D eigenvalue weighted by Crippen LogP contribution is -2.40. The fourth-order valence-electron chi connectivity index (χ4n) is 5.23. The van der Waals surface area contributed by atoms with Crippen LogP contribution in [0.15, 0.2) is 71.0 Å². The minimum atomic E-state index is -0.607. The average Bonchev–Trinajstić information content (AvgIpc) is 3.86. The van der Waals surface area contributed by atoms with Crippen LogP contribution < -0.4 is 5.32 Å². The van der Waals surface area contributed by atoms with Gasteiger partial charge in [-0.2, -0.15) is 5.10 Å². The lowest BCUT2D eigenvalue weighted by atomic mass is 9.91. The first-order valence-electron chi connectivity index (χ1n) is 13.0. The van der Waals surface area contributed by atoms with Crippen LogP contribution in [-0.2, 0) is 10.2 Å². The second-order valence-electron chi connectivity index (χ2n) is 10.5. The van der Waals surface area contributed by atoms with Crippen molar-refractivity contribution in [3.05, 3.63) is 89.1 Å². The fraction of sp³-hybridized carbons (Fsp3) is 0.300. The number of ether oxygens (including phenoxy) is 1. The number of hydrogen-bond donors (Lipinski definition) is 1. The molecule has 198 valence electrons. The van der Waals surface area contributed by atoms with Crippen molar-refractivity contribution in [3.8, 4) is 0 Å². The van der Waals surface area contributed by atoms with Crippen LogP contribution in [-0.4, -0.2) is 52.2 Å². The van der Waals surface area contributed by atoms with E-state index in [2.05, 4.69) is 45.2 Å². The van der Waals surface area contributed by atoms with Crippen molar-refractivity contribution in [2.45, 2.75) is 43.6 Å². The molecule has 0 aliphatic heterocycles. The number of hydrogen-bond acceptors (Lipinski definition) is 6. The molecule has 2 aromatic heterocycles. The number of rotatable bonds is 9. The Hall–Kier alpha value is -4.24. The molecule has 1 N–H and O–H groups in total. The van der Waals surface area contributed by atoms with Crippen molar-refractivity contribution >= 4 is 35.2 Å². The zero-order valence-corrected chi connectivity index (χ0v) is 21.9. The van der Waals surface area contributed by atoms with Gasteiger partial charge in [0.15, 0.2) is 0 Å². The molecule has 39 heavy (non-hydrogen) atoms. The molecule has 6 rings (SSSR count). The molecule has 9 heteroatoms. The van der Waals surface area contributed by atoms with Gasteiger partial charge in [0.25, 0.3) is 5.91 Å². The maximum Gasteiger partial charge on any atom is 0.254 e. The van der Waals surface area contributed by atoms with E-state index in [1.165, 1.54) is 12.1 Å². The number of amides is 1. The van der Waals surface area contributed by atoms with E-state index in [0.717, 1.165) is 47.8 Å². The third-order valence-electron chi connectivity index (χ3n) is 7.79. The van der Waals surface area contributed by atoms with Crippen molar-refractivity contribution in [1.82, 2.24) is 20.0 Å². The molecule has 2 aliphatic rings. The van der Waals surface area contributed by atoms with Crippen LogP contribution in [0.2, 0.25) is 0 Å². The number of imidazole rings is 1. The van der Waals surface area contributed by atoms with Crippen molar-refractivity contribution in [1.29, 1.82) is 0 Å². The van der Waals surface area contributed by atoms with E-state index in [4.69, 9.17) is 9.84 Å². The van der Waals surface area contributed by atoms with Crippen molar-refractivity contribution in [2.24, 2.45) is 10.1 Å². The lowest BCUT2D eigenvalue weighted by molar-refractivity contribution is 0.0878. The Kier molecular flexibility index (Phi) is 6.10. The molecule has 8 nitrogen and oxygen atoms in total. The highest BCUT2D eigenvalue weighted by molar-refractivity contribution is 6.01. The fourth-order valence-corrected chi connectivity index (χ4v) is 5.23. The summed E-state index contributed by atoms with van der Waals surface area (Å²) in [4.78, 5) is 25.7. The third-order valence-corrected chi connectivity index (χ3v) is 7.79. The number of fused-ring (bicyclic) bond motifs is 1. The monoisotopic (exact) mass is 524 g/mol. The Morgan fingerprint density at radius 3 is 2.67 bits per heavy atom. The second kappa shape index (κ2) is 9.50. The van der Waals surface area contributed by atoms with E-state index in [-0.39, 0.29) is 16.5 Å². The van der Waals surface area contributed by atoms with E-state index in [0.29, 0.717) is 23.8 Å². The number of carbonyl (C=O) groups is 1. The summed E-state index contributed by atoms with van der Waals surface area (Å²) in [5.41, 5.74) is 3.47. The van der Waals surface area contributed by atoms with Gasteiger partial charge >= 0.3 is 0 Å². The molecule has 0 spiro atoms. The first-order valence-corrected chi connectivity index (χ1v) is 13.0. The molecule has 2 aromatic carbocycles. The van der Waals surface area contributed by atoms with Crippen LogP contribution in [0.25, 0.3) is 10.9 Å². The Bertz CT molecular complexity index is 1630. The molecule has 0 saturated heterocycles. The molecule has 2 fully saturated rings. The molecular weight excluding hydrogens is 495 g/mol. The van der Waals surface area contributed by atoms with Crippen LogP contribution in [0, 0.1) is 5.82 Å². The van der Waals surface area contributed by atoms with Gasteiger partial charge in [-0.15, -0.1) is 0 Å². The highest BCUT2D eigenvalue weighted by Gasteiger charge is 2.49. The molecule has 0 atom stereocenters. The number of pyridine rings is 1. The molecule has 2 saturated carbocycles. The number of methoxy groups -OCH3 is 1. The van der Waals surface area contributed by atoms with Gasteiger partial charge in [-0.1, -0.05) is 18.2 Å². The minimum Gasteiger partial charge on any atom is -0.382 e. The van der Waals surface area contributed by atoms with Gasteiger partial charge in [-0.3, -0.25) is 9.78 Å². The predicted molar refractivity (Wildman–Crippen MR) is 149 cm³/mol. The molecule has 0 unspecified atom stereocenters. The summed E-state index contributed by atoms with van der Waals surface area (Å²) in [7, 11) is 1.59. The van der Waals surface area contributed by atoms with Gasteiger partial charge in [0.2, 0.25) is 5.95 Å². The Morgan fingerprint density at radius 2 is 1.97 bits per heavy atom. The lowest BCUT2D eigenvalue weighted by Gasteiger charge is -2.18. The number of nitrogens with one attached hydrogen (secondary N) is 1. The molecule has 2 aliphatic carbocycles. The Balaban J connectivity index is 1.31. The van der Waals surface area contributed by atoms with Gasteiger partial charge in [0.05, 0.1) is 40.8 Å². The number of benzene rings is 2. The maximum absolute atomic E-state index is 15.1. The van der Waals surface area contributed by atoms with Gasteiger partial charge in [0.1, 0.15) is 5.82 Å². The van der Waals surface area contributed by atoms with E-state index < -0.39 is 11.7 Å². The normalized spacial score (nSPS) is 17.2. The van der Waals surface area contributed by atoms with Crippen molar-refractivity contribution < 1.29 is 13.9 Å². The largest absolute Gasteiger partial charge is 0.382 e. The number of halogens is 1. The summed E-state index contributed by atoms with van der Waals surface area (Å²) in [6.07, 6.45) is 7.11. The number of aliphatic imine (C=N–C) groups is 1. The van der Waals surface area contributed by atoms with Crippen LogP contribution in [0.5, 0.6) is 0 Å². The Labute approximate surface area is 225 Å². The first-order chi connectivity index (χ1) is 18.9. The van der Waals surface area contributed by atoms with Gasteiger partial charge in [-0.05, 0) is 75.2 Å². The highest BCUT2D eigenvalue weighted by atomic mass is 19.1. The van der Waals surface area contributed by atoms with Gasteiger partial charge < -0.3 is 10.1 Å². The molecule has 0 bridgehead atoms. The molecular formula is C30H29FN6O2.